The maximum atomic E-state index is 12.5. The molecule has 0 fully saturated rings. The highest BCUT2D eigenvalue weighted by Gasteiger charge is 2.15. The second-order valence-electron chi connectivity index (χ2n) is 7.15. The lowest BCUT2D eigenvalue weighted by atomic mass is 10.1. The third-order valence-corrected chi connectivity index (χ3v) is 6.09. The van der Waals surface area contributed by atoms with Crippen molar-refractivity contribution in [3.8, 4) is 5.75 Å². The number of para-hydroxylation sites is 1. The number of thiophene rings is 1. The zero-order valence-corrected chi connectivity index (χ0v) is 18.8. The number of carbonyl (C=O) groups excluding carboxylic acids is 2. The standard InChI is InChI=1S/C23H21ClN4O3S/c1-31-19-8-3-2-6-15(19)10-21(30)26-22-18-11-17(32-23(18)28-27-22)12-20(29)25-13-14-5-4-7-16(24)9-14/h2-9,11H,10,12-13H2,1H3,(H,25,29)(H2,26,27,28,30). The van der Waals surface area contributed by atoms with Crippen LogP contribution in [-0.4, -0.2) is 29.1 Å². The fourth-order valence-corrected chi connectivity index (χ4v) is 4.52. The molecule has 0 bridgehead atoms. The van der Waals surface area contributed by atoms with Gasteiger partial charge >= 0.3 is 0 Å². The van der Waals surface area contributed by atoms with Crippen molar-refractivity contribution in [1.82, 2.24) is 15.5 Å². The molecule has 0 radical (unpaired) electrons. The molecular weight excluding hydrogens is 448 g/mol. The van der Waals surface area contributed by atoms with E-state index in [-0.39, 0.29) is 24.7 Å². The van der Waals surface area contributed by atoms with E-state index in [1.165, 1.54) is 11.3 Å². The predicted molar refractivity (Wildman–Crippen MR) is 126 cm³/mol. The molecule has 7 nitrogen and oxygen atoms in total. The molecule has 0 saturated heterocycles. The van der Waals surface area contributed by atoms with Gasteiger partial charge in [0.05, 0.1) is 25.3 Å². The Morgan fingerprint density at radius 2 is 1.94 bits per heavy atom. The van der Waals surface area contributed by atoms with Gasteiger partial charge in [-0.05, 0) is 29.8 Å². The predicted octanol–water partition coefficient (Wildman–Crippen LogP) is 4.33. The van der Waals surface area contributed by atoms with Gasteiger partial charge < -0.3 is 15.4 Å². The molecule has 0 spiro atoms. The van der Waals surface area contributed by atoms with Gasteiger partial charge in [-0.25, -0.2) is 0 Å². The highest BCUT2D eigenvalue weighted by molar-refractivity contribution is 7.18. The van der Waals surface area contributed by atoms with Gasteiger partial charge in [-0.2, -0.15) is 5.10 Å². The van der Waals surface area contributed by atoms with Crippen LogP contribution < -0.4 is 15.4 Å². The number of halogens is 1. The van der Waals surface area contributed by atoms with Crippen LogP contribution in [0.15, 0.2) is 54.6 Å². The van der Waals surface area contributed by atoms with E-state index in [4.69, 9.17) is 16.3 Å². The summed E-state index contributed by atoms with van der Waals surface area (Å²) in [6.45, 7) is 0.410. The number of carbonyl (C=O) groups is 2. The van der Waals surface area contributed by atoms with E-state index in [9.17, 15) is 9.59 Å². The summed E-state index contributed by atoms with van der Waals surface area (Å²) in [4.78, 5) is 26.5. The number of ether oxygens (including phenoxy) is 1. The molecule has 3 N–H and O–H groups in total. The number of aromatic nitrogens is 2. The molecule has 4 aromatic rings. The number of hydrogen-bond donors (Lipinski definition) is 3. The van der Waals surface area contributed by atoms with Crippen molar-refractivity contribution in [2.75, 3.05) is 12.4 Å². The molecule has 9 heteroatoms. The normalized spacial score (nSPS) is 10.8. The molecule has 0 saturated carbocycles. The largest absolute Gasteiger partial charge is 0.496 e. The first-order valence-electron chi connectivity index (χ1n) is 9.91. The Hall–Kier alpha value is -3.36. The van der Waals surface area contributed by atoms with E-state index in [2.05, 4.69) is 20.8 Å². The number of H-pyrrole nitrogens is 1. The smallest absolute Gasteiger partial charge is 0.230 e. The minimum Gasteiger partial charge on any atom is -0.496 e. The minimum absolute atomic E-state index is 0.0976. The molecule has 0 atom stereocenters. The fourth-order valence-electron chi connectivity index (χ4n) is 3.32. The van der Waals surface area contributed by atoms with E-state index in [0.29, 0.717) is 23.1 Å². The SMILES string of the molecule is COc1ccccc1CC(=O)Nc1[nH]nc2sc(CC(=O)NCc3cccc(Cl)c3)cc12. The van der Waals surface area contributed by atoms with E-state index in [0.717, 1.165) is 26.2 Å². The number of amides is 2. The fraction of sp³-hybridized carbons (Fsp3) is 0.174. The van der Waals surface area contributed by atoms with Crippen LogP contribution in [0, 0.1) is 0 Å². The number of nitrogens with zero attached hydrogens (tertiary/aromatic N) is 1. The molecule has 2 aromatic heterocycles. The molecular formula is C23H21ClN4O3S. The summed E-state index contributed by atoms with van der Waals surface area (Å²) < 4.78 is 5.30. The molecule has 0 aliphatic rings. The summed E-state index contributed by atoms with van der Waals surface area (Å²) in [6.07, 6.45) is 0.406. The second-order valence-corrected chi connectivity index (χ2v) is 8.70. The lowest BCUT2D eigenvalue weighted by Crippen LogP contribution is -2.24. The summed E-state index contributed by atoms with van der Waals surface area (Å²) in [5, 5.41) is 14.3. The summed E-state index contributed by atoms with van der Waals surface area (Å²) in [5.41, 5.74) is 1.73. The van der Waals surface area contributed by atoms with Crippen molar-refractivity contribution in [2.24, 2.45) is 0 Å². The maximum absolute atomic E-state index is 12.5. The van der Waals surface area contributed by atoms with E-state index < -0.39 is 0 Å². The zero-order chi connectivity index (χ0) is 22.5. The summed E-state index contributed by atoms with van der Waals surface area (Å²) >= 11 is 7.39. The molecule has 2 aromatic carbocycles. The quantitative estimate of drug-likeness (QED) is 0.358. The number of rotatable bonds is 8. The Morgan fingerprint density at radius 3 is 2.75 bits per heavy atom. The highest BCUT2D eigenvalue weighted by atomic mass is 35.5. The average molecular weight is 469 g/mol. The van der Waals surface area contributed by atoms with Crippen molar-refractivity contribution >= 4 is 50.8 Å². The summed E-state index contributed by atoms with van der Waals surface area (Å²) in [6, 6.07) is 16.6. The molecule has 0 unspecified atom stereocenters. The Labute approximate surface area is 193 Å². The van der Waals surface area contributed by atoms with Gasteiger partial charge in [-0.15, -0.1) is 11.3 Å². The highest BCUT2D eigenvalue weighted by Crippen LogP contribution is 2.30. The third kappa shape index (κ3) is 5.27. The maximum Gasteiger partial charge on any atom is 0.230 e. The molecule has 2 amide bonds. The Balaban J connectivity index is 1.37. The molecule has 0 aliphatic heterocycles. The topological polar surface area (TPSA) is 96.1 Å². The molecule has 0 aliphatic carbocycles. The van der Waals surface area contributed by atoms with Crippen LogP contribution in [0.25, 0.3) is 10.2 Å². The van der Waals surface area contributed by atoms with Crippen LogP contribution in [0.2, 0.25) is 5.02 Å². The Bertz CT molecular complexity index is 1270. The Morgan fingerprint density at radius 1 is 1.09 bits per heavy atom. The number of anilines is 1. The van der Waals surface area contributed by atoms with Crippen LogP contribution in [0.4, 0.5) is 5.82 Å². The van der Waals surface area contributed by atoms with E-state index in [1.54, 1.807) is 13.2 Å². The number of aromatic amines is 1. The first-order valence-corrected chi connectivity index (χ1v) is 11.1. The van der Waals surface area contributed by atoms with Gasteiger partial charge in [-0.1, -0.05) is 41.9 Å². The van der Waals surface area contributed by atoms with Crippen LogP contribution in [0.5, 0.6) is 5.75 Å². The van der Waals surface area contributed by atoms with Crippen molar-refractivity contribution in [2.45, 2.75) is 19.4 Å². The first kappa shape index (κ1) is 21.9. The molecule has 32 heavy (non-hydrogen) atoms. The average Bonchev–Trinajstić information content (AvgIpc) is 3.34. The minimum atomic E-state index is -0.188. The van der Waals surface area contributed by atoms with Crippen molar-refractivity contribution < 1.29 is 14.3 Å². The van der Waals surface area contributed by atoms with E-state index >= 15 is 0 Å². The molecule has 164 valence electrons. The van der Waals surface area contributed by atoms with Crippen LogP contribution >= 0.6 is 22.9 Å². The van der Waals surface area contributed by atoms with Gasteiger partial charge in [0.1, 0.15) is 16.4 Å². The van der Waals surface area contributed by atoms with Crippen molar-refractivity contribution in [1.29, 1.82) is 0 Å². The van der Waals surface area contributed by atoms with Gasteiger partial charge in [0, 0.05) is 22.0 Å². The monoisotopic (exact) mass is 468 g/mol. The lowest BCUT2D eigenvalue weighted by molar-refractivity contribution is -0.120. The van der Waals surface area contributed by atoms with Crippen LogP contribution in [0.3, 0.4) is 0 Å². The van der Waals surface area contributed by atoms with Crippen LogP contribution in [-0.2, 0) is 29.0 Å². The summed E-state index contributed by atoms with van der Waals surface area (Å²) in [7, 11) is 1.58. The van der Waals surface area contributed by atoms with Crippen molar-refractivity contribution in [3.05, 3.63) is 75.6 Å². The molecule has 2 heterocycles. The third-order valence-electron chi connectivity index (χ3n) is 4.82. The van der Waals surface area contributed by atoms with E-state index in [1.807, 2.05) is 48.5 Å². The van der Waals surface area contributed by atoms with Crippen molar-refractivity contribution in [3.63, 3.8) is 0 Å². The number of hydrogen-bond acceptors (Lipinski definition) is 5. The van der Waals surface area contributed by atoms with Gasteiger partial charge in [0.15, 0.2) is 0 Å². The first-order chi connectivity index (χ1) is 15.5. The van der Waals surface area contributed by atoms with Gasteiger partial charge in [-0.3, -0.25) is 14.7 Å². The zero-order valence-electron chi connectivity index (χ0n) is 17.3. The van der Waals surface area contributed by atoms with Crippen LogP contribution in [0.1, 0.15) is 16.0 Å². The Kier molecular flexibility index (Phi) is 6.72. The van der Waals surface area contributed by atoms with Gasteiger partial charge in [0.25, 0.3) is 0 Å². The number of benzene rings is 2. The van der Waals surface area contributed by atoms with Gasteiger partial charge in [0.2, 0.25) is 11.8 Å². The number of nitrogens with one attached hydrogen (secondary N) is 3. The number of methoxy groups -OCH3 is 1. The lowest BCUT2D eigenvalue weighted by Gasteiger charge is -2.08. The number of fused-ring (bicyclic) bond motifs is 1. The summed E-state index contributed by atoms with van der Waals surface area (Å²) in [5.74, 6) is 0.896. The second kappa shape index (κ2) is 9.84. The molecule has 4 rings (SSSR count).